The number of nitrogens with zero attached hydrogens (tertiary/aromatic N) is 1. The van der Waals surface area contributed by atoms with Gasteiger partial charge in [0, 0.05) is 10.7 Å². The molecule has 0 aliphatic carbocycles. The van der Waals surface area contributed by atoms with Gasteiger partial charge in [0.05, 0.1) is 10.2 Å². The van der Waals surface area contributed by atoms with E-state index in [-0.39, 0.29) is 0 Å². The number of fused-ring (bicyclic) bond motifs is 1. The molecule has 0 unspecified atom stereocenters. The maximum atomic E-state index is 12.2. The smallest absolute Gasteiger partial charge is 0.413 e. The van der Waals surface area contributed by atoms with Crippen molar-refractivity contribution < 1.29 is 19.4 Å². The summed E-state index contributed by atoms with van der Waals surface area (Å²) in [6.07, 6.45) is -0.812. The Morgan fingerprint density at radius 1 is 1.00 bits per heavy atom. The Balaban J connectivity index is 1.39. The number of carbonyl (C=O) groups excluding carboxylic acids is 1. The molecule has 3 aromatic carbocycles. The maximum Gasteiger partial charge on any atom is 0.413 e. The van der Waals surface area contributed by atoms with Crippen LogP contribution in [0, 0.1) is 5.41 Å². The van der Waals surface area contributed by atoms with Crippen LogP contribution in [0.3, 0.4) is 0 Å². The molecule has 180 valence electrons. The summed E-state index contributed by atoms with van der Waals surface area (Å²) in [7, 11) is 0. The predicted molar refractivity (Wildman–Crippen MR) is 140 cm³/mol. The van der Waals surface area contributed by atoms with Crippen LogP contribution in [0.15, 0.2) is 66.7 Å². The highest BCUT2D eigenvalue weighted by atomic mass is 35.5. The maximum absolute atomic E-state index is 12.2. The van der Waals surface area contributed by atoms with Crippen molar-refractivity contribution in [3.05, 3.63) is 71.8 Å². The number of amides is 1. The molecule has 0 aliphatic heterocycles. The molecule has 1 atom stereocenters. The molecule has 0 saturated heterocycles. The van der Waals surface area contributed by atoms with Crippen LogP contribution in [0.4, 0.5) is 15.6 Å². The van der Waals surface area contributed by atoms with Crippen molar-refractivity contribution in [1.29, 1.82) is 0 Å². The first kappa shape index (κ1) is 24.5. The van der Waals surface area contributed by atoms with Gasteiger partial charge >= 0.3 is 12.1 Å². The third-order valence-electron chi connectivity index (χ3n) is 5.26. The van der Waals surface area contributed by atoms with Gasteiger partial charge in [0.25, 0.3) is 0 Å². The molecule has 4 rings (SSSR count). The summed E-state index contributed by atoms with van der Waals surface area (Å²) in [4.78, 5) is 28.2. The minimum atomic E-state index is -1.12. The molecule has 1 aromatic heterocycles. The van der Waals surface area contributed by atoms with Crippen molar-refractivity contribution in [2.45, 2.75) is 26.8 Å². The lowest BCUT2D eigenvalue weighted by atomic mass is 9.87. The highest BCUT2D eigenvalue weighted by molar-refractivity contribution is 7.22. The topological polar surface area (TPSA) is 101 Å². The first-order valence-corrected chi connectivity index (χ1v) is 12.0. The van der Waals surface area contributed by atoms with Crippen molar-refractivity contribution in [1.82, 2.24) is 10.3 Å². The van der Waals surface area contributed by atoms with Crippen LogP contribution in [-0.4, -0.2) is 28.2 Å². The monoisotopic (exact) mass is 509 g/mol. The normalized spacial score (nSPS) is 12.2. The zero-order valence-electron chi connectivity index (χ0n) is 19.3. The van der Waals surface area contributed by atoms with Crippen LogP contribution in [0.5, 0.6) is 5.75 Å². The highest BCUT2D eigenvalue weighted by Gasteiger charge is 2.33. The number of aliphatic carboxylic acids is 1. The number of nitrogens with one attached hydrogen (secondary N) is 2. The number of thiazole rings is 1. The second-order valence-electron chi connectivity index (χ2n) is 9.03. The number of halogens is 1. The molecule has 7 nitrogen and oxygen atoms in total. The molecule has 3 N–H and O–H groups in total. The fourth-order valence-electron chi connectivity index (χ4n) is 3.44. The fraction of sp³-hybridized carbons (Fsp3) is 0.192. The van der Waals surface area contributed by atoms with E-state index >= 15 is 0 Å². The number of carboxylic acids is 1. The molecule has 35 heavy (non-hydrogen) atoms. The summed E-state index contributed by atoms with van der Waals surface area (Å²) in [6, 6.07) is 19.4. The number of carboxylic acid groups (broad SMARTS) is 1. The molecule has 0 saturated carbocycles. The Bertz CT molecular complexity index is 1360. The Hall–Kier alpha value is -3.62. The number of benzene rings is 3. The lowest BCUT2D eigenvalue weighted by Gasteiger charge is -2.27. The number of aromatic nitrogens is 1. The van der Waals surface area contributed by atoms with Crippen LogP contribution in [0.1, 0.15) is 20.8 Å². The lowest BCUT2D eigenvalue weighted by Crippen LogP contribution is -2.49. The SMILES string of the molecule is CC(C)(C)[C@H](NC(=O)Oc1ccc(-c2ccc(Nc3nc4ccc(Cl)cc4s3)cc2)cc1)C(=O)O. The van der Waals surface area contributed by atoms with E-state index in [0.717, 1.165) is 32.2 Å². The van der Waals surface area contributed by atoms with Gasteiger partial charge in [0.1, 0.15) is 11.8 Å². The number of rotatable bonds is 6. The number of ether oxygens (including phenoxy) is 1. The van der Waals surface area contributed by atoms with Crippen LogP contribution in [0.2, 0.25) is 5.02 Å². The number of hydrogen-bond donors (Lipinski definition) is 3. The first-order valence-electron chi connectivity index (χ1n) is 10.8. The van der Waals surface area contributed by atoms with E-state index in [0.29, 0.717) is 10.8 Å². The minimum absolute atomic E-state index is 0.318. The lowest BCUT2D eigenvalue weighted by molar-refractivity contribution is -0.142. The number of hydrogen-bond acceptors (Lipinski definition) is 6. The standard InChI is InChI=1S/C26H24ClN3O4S/c1-26(2,3)22(23(31)32)30-25(33)34-19-11-6-16(7-12-19)15-4-9-18(10-5-15)28-24-29-20-13-8-17(27)14-21(20)35-24/h4-14,22H,1-3H3,(H,28,29)(H,30,33)(H,31,32)/t22-/m1/s1. The quantitative estimate of drug-likeness (QED) is 0.260. The fourth-order valence-corrected chi connectivity index (χ4v) is 4.60. The molecule has 0 radical (unpaired) electrons. The molecular formula is C26H24ClN3O4S. The van der Waals surface area contributed by atoms with E-state index in [1.54, 1.807) is 32.9 Å². The average molecular weight is 510 g/mol. The van der Waals surface area contributed by atoms with Gasteiger partial charge < -0.3 is 20.5 Å². The van der Waals surface area contributed by atoms with E-state index in [1.807, 2.05) is 54.6 Å². The summed E-state index contributed by atoms with van der Waals surface area (Å²) >= 11 is 7.59. The molecule has 1 amide bonds. The van der Waals surface area contributed by atoms with Gasteiger partial charge in [-0.25, -0.2) is 14.6 Å². The van der Waals surface area contributed by atoms with Gasteiger partial charge in [-0.05, 0) is 59.0 Å². The Morgan fingerprint density at radius 3 is 2.23 bits per heavy atom. The molecule has 4 aromatic rings. The molecule has 1 heterocycles. The summed E-state index contributed by atoms with van der Waals surface area (Å²) < 4.78 is 6.28. The number of carbonyl (C=O) groups is 2. The molecule has 0 fully saturated rings. The molecular weight excluding hydrogens is 486 g/mol. The zero-order chi connectivity index (χ0) is 25.2. The third kappa shape index (κ3) is 6.09. The van der Waals surface area contributed by atoms with Crippen LogP contribution in [0.25, 0.3) is 21.3 Å². The molecule has 0 aliphatic rings. The molecule has 9 heteroatoms. The Morgan fingerprint density at radius 2 is 1.63 bits per heavy atom. The van der Waals surface area contributed by atoms with Gasteiger partial charge in [-0.2, -0.15) is 0 Å². The van der Waals surface area contributed by atoms with Crippen molar-refractivity contribution in [2.75, 3.05) is 5.32 Å². The Kier molecular flexibility index (Phi) is 6.95. The van der Waals surface area contributed by atoms with E-state index in [4.69, 9.17) is 16.3 Å². The van der Waals surface area contributed by atoms with Gasteiger partial charge in [0.15, 0.2) is 5.13 Å². The first-order chi connectivity index (χ1) is 16.6. The van der Waals surface area contributed by atoms with Crippen molar-refractivity contribution in [3.8, 4) is 16.9 Å². The minimum Gasteiger partial charge on any atom is -0.480 e. The van der Waals surface area contributed by atoms with Gasteiger partial charge in [-0.3, -0.25) is 0 Å². The summed E-state index contributed by atoms with van der Waals surface area (Å²) in [5, 5.41) is 16.5. The molecule has 0 spiro atoms. The van der Waals surface area contributed by atoms with E-state index in [9.17, 15) is 14.7 Å². The zero-order valence-corrected chi connectivity index (χ0v) is 20.9. The van der Waals surface area contributed by atoms with Crippen molar-refractivity contribution in [2.24, 2.45) is 5.41 Å². The second-order valence-corrected chi connectivity index (χ2v) is 10.5. The van der Waals surface area contributed by atoms with Crippen LogP contribution in [-0.2, 0) is 4.79 Å². The average Bonchev–Trinajstić information content (AvgIpc) is 3.19. The van der Waals surface area contributed by atoms with Gasteiger partial charge in [-0.1, -0.05) is 68.0 Å². The second kappa shape index (κ2) is 9.93. The summed E-state index contributed by atoms with van der Waals surface area (Å²) in [6.45, 7) is 5.20. The van der Waals surface area contributed by atoms with Crippen LogP contribution < -0.4 is 15.4 Å². The van der Waals surface area contributed by atoms with Crippen LogP contribution >= 0.6 is 22.9 Å². The van der Waals surface area contributed by atoms with E-state index < -0.39 is 23.5 Å². The van der Waals surface area contributed by atoms with Gasteiger partial charge in [0.2, 0.25) is 0 Å². The molecule has 0 bridgehead atoms. The van der Waals surface area contributed by atoms with Crippen molar-refractivity contribution >= 4 is 56.0 Å². The van der Waals surface area contributed by atoms with E-state index in [2.05, 4.69) is 15.6 Å². The summed E-state index contributed by atoms with van der Waals surface area (Å²) in [5.74, 6) is -0.797. The highest BCUT2D eigenvalue weighted by Crippen LogP contribution is 2.31. The van der Waals surface area contributed by atoms with Crippen molar-refractivity contribution in [3.63, 3.8) is 0 Å². The van der Waals surface area contributed by atoms with Gasteiger partial charge in [-0.15, -0.1) is 0 Å². The number of anilines is 2. The summed E-state index contributed by atoms with van der Waals surface area (Å²) in [5.41, 5.74) is 3.07. The largest absolute Gasteiger partial charge is 0.480 e. The Labute approximate surface area is 211 Å². The third-order valence-corrected chi connectivity index (χ3v) is 6.43. The predicted octanol–water partition coefficient (Wildman–Crippen LogP) is 6.95. The van der Waals surface area contributed by atoms with E-state index in [1.165, 1.54) is 11.3 Å².